The molecular weight excluding hydrogens is 190 g/mol. The molecule has 3 heteroatoms. The average Bonchev–Trinajstić information content (AvgIpc) is 2.16. The predicted molar refractivity (Wildman–Crippen MR) is 62.0 cm³/mol. The van der Waals surface area contributed by atoms with Gasteiger partial charge in [0.05, 0.1) is 24.9 Å². The third-order valence-electron chi connectivity index (χ3n) is 2.58. The van der Waals surface area contributed by atoms with Crippen molar-refractivity contribution >= 4 is 0 Å². The van der Waals surface area contributed by atoms with E-state index >= 15 is 0 Å². The van der Waals surface area contributed by atoms with Gasteiger partial charge in [-0.2, -0.15) is 0 Å². The van der Waals surface area contributed by atoms with Crippen molar-refractivity contribution in [3.63, 3.8) is 0 Å². The smallest absolute Gasteiger partial charge is 0.0625 e. The third-order valence-corrected chi connectivity index (χ3v) is 2.58. The van der Waals surface area contributed by atoms with Crippen molar-refractivity contribution in [3.8, 4) is 0 Å². The van der Waals surface area contributed by atoms with Crippen LogP contribution in [-0.2, 0) is 9.47 Å². The van der Waals surface area contributed by atoms with Crippen LogP contribution in [0.5, 0.6) is 0 Å². The Morgan fingerprint density at radius 2 is 2.07 bits per heavy atom. The van der Waals surface area contributed by atoms with Crippen molar-refractivity contribution in [2.45, 2.75) is 45.0 Å². The van der Waals surface area contributed by atoms with E-state index in [9.17, 15) is 0 Å². The van der Waals surface area contributed by atoms with Crippen LogP contribution in [0, 0.1) is 0 Å². The summed E-state index contributed by atoms with van der Waals surface area (Å²) in [6.07, 6.45) is 4.94. The molecule has 1 heterocycles. The molecule has 1 saturated heterocycles. The van der Waals surface area contributed by atoms with Gasteiger partial charge in [-0.05, 0) is 26.7 Å². The minimum Gasteiger partial charge on any atom is -0.377 e. The van der Waals surface area contributed by atoms with Crippen molar-refractivity contribution in [1.82, 2.24) is 5.32 Å². The van der Waals surface area contributed by atoms with E-state index in [1.54, 1.807) is 0 Å². The number of ether oxygens (including phenoxy) is 2. The first-order chi connectivity index (χ1) is 7.22. The third kappa shape index (κ3) is 5.30. The Kier molecular flexibility index (Phi) is 5.91. The normalized spacial score (nSPS) is 31.5. The minimum absolute atomic E-state index is 0.333. The Labute approximate surface area is 92.8 Å². The van der Waals surface area contributed by atoms with Crippen molar-refractivity contribution in [1.29, 1.82) is 0 Å². The molecule has 1 N–H and O–H groups in total. The highest BCUT2D eigenvalue weighted by Gasteiger charge is 2.24. The molecule has 0 aromatic rings. The van der Waals surface area contributed by atoms with Crippen molar-refractivity contribution in [2.75, 3.05) is 19.7 Å². The largest absolute Gasteiger partial charge is 0.377 e. The van der Waals surface area contributed by atoms with Crippen LogP contribution in [0.2, 0.25) is 0 Å². The molecule has 1 rings (SSSR count). The van der Waals surface area contributed by atoms with Crippen molar-refractivity contribution in [2.24, 2.45) is 0 Å². The number of hydrogen-bond acceptors (Lipinski definition) is 3. The second kappa shape index (κ2) is 6.99. The second-order valence-electron chi connectivity index (χ2n) is 4.21. The Balaban J connectivity index is 2.07. The zero-order valence-electron chi connectivity index (χ0n) is 9.87. The van der Waals surface area contributed by atoms with Gasteiger partial charge in [-0.1, -0.05) is 6.08 Å². The van der Waals surface area contributed by atoms with E-state index < -0.39 is 0 Å². The fourth-order valence-corrected chi connectivity index (χ4v) is 1.98. The molecule has 0 amide bonds. The van der Waals surface area contributed by atoms with E-state index in [2.05, 4.69) is 25.7 Å². The summed E-state index contributed by atoms with van der Waals surface area (Å²) in [4.78, 5) is 0. The van der Waals surface area contributed by atoms with Gasteiger partial charge in [-0.3, -0.25) is 0 Å². The average molecular weight is 213 g/mol. The topological polar surface area (TPSA) is 30.5 Å². The summed E-state index contributed by atoms with van der Waals surface area (Å²) < 4.78 is 11.4. The van der Waals surface area contributed by atoms with Crippen molar-refractivity contribution in [3.05, 3.63) is 12.7 Å². The molecule has 0 saturated carbocycles. The Bertz CT molecular complexity index is 174. The fraction of sp³-hybridized carbons (Fsp3) is 0.833. The molecule has 2 unspecified atom stereocenters. The van der Waals surface area contributed by atoms with Gasteiger partial charge in [0, 0.05) is 13.1 Å². The number of hydrogen-bond donors (Lipinski definition) is 1. The molecule has 0 aliphatic carbocycles. The Hall–Kier alpha value is -0.380. The van der Waals surface area contributed by atoms with Gasteiger partial charge in [0.1, 0.15) is 0 Å². The maximum absolute atomic E-state index is 5.79. The molecule has 2 atom stereocenters. The van der Waals surface area contributed by atoms with Crippen LogP contribution in [-0.4, -0.2) is 38.0 Å². The molecule has 3 nitrogen and oxygen atoms in total. The molecule has 1 aliphatic rings. The summed E-state index contributed by atoms with van der Waals surface area (Å²) in [5.41, 5.74) is 0. The highest BCUT2D eigenvalue weighted by atomic mass is 16.5. The molecule has 0 aromatic carbocycles. The predicted octanol–water partition coefficient (Wildman–Crippen LogP) is 1.73. The van der Waals surface area contributed by atoms with Gasteiger partial charge in [-0.15, -0.1) is 6.58 Å². The van der Waals surface area contributed by atoms with E-state index in [0.717, 1.165) is 32.5 Å². The van der Waals surface area contributed by atoms with Gasteiger partial charge in [0.2, 0.25) is 0 Å². The minimum atomic E-state index is 0.333. The Morgan fingerprint density at radius 3 is 2.67 bits per heavy atom. The van der Waals surface area contributed by atoms with E-state index in [1.165, 1.54) is 0 Å². The maximum atomic E-state index is 5.79. The first kappa shape index (κ1) is 12.7. The number of rotatable bonds is 6. The fourth-order valence-electron chi connectivity index (χ4n) is 1.98. The summed E-state index contributed by atoms with van der Waals surface area (Å²) in [6.45, 7) is 10.4. The first-order valence-corrected chi connectivity index (χ1v) is 5.81. The lowest BCUT2D eigenvalue weighted by Crippen LogP contribution is -2.35. The van der Waals surface area contributed by atoms with Crippen LogP contribution in [0.3, 0.4) is 0 Å². The second-order valence-corrected chi connectivity index (χ2v) is 4.21. The van der Waals surface area contributed by atoms with Gasteiger partial charge in [0.25, 0.3) is 0 Å². The maximum Gasteiger partial charge on any atom is 0.0625 e. The van der Waals surface area contributed by atoms with Gasteiger partial charge < -0.3 is 14.8 Å². The molecule has 0 bridgehead atoms. The van der Waals surface area contributed by atoms with E-state index in [0.29, 0.717) is 18.3 Å². The molecule has 1 fully saturated rings. The standard InChI is InChI=1S/C12H23NO2/c1-4-5-13-6-7-14-12-8-10(2)15-11(3)9-12/h4,10-13H,1,5-9H2,2-3H3. The molecule has 88 valence electrons. The van der Waals surface area contributed by atoms with Crippen molar-refractivity contribution < 1.29 is 9.47 Å². The van der Waals surface area contributed by atoms with Crippen LogP contribution in [0.1, 0.15) is 26.7 Å². The monoisotopic (exact) mass is 213 g/mol. The molecule has 0 spiro atoms. The summed E-state index contributed by atoms with van der Waals surface area (Å²) >= 11 is 0. The van der Waals surface area contributed by atoms with Gasteiger partial charge in [0.15, 0.2) is 0 Å². The summed E-state index contributed by atoms with van der Waals surface area (Å²) in [6, 6.07) is 0. The summed E-state index contributed by atoms with van der Waals surface area (Å²) in [5.74, 6) is 0. The first-order valence-electron chi connectivity index (χ1n) is 5.81. The van der Waals surface area contributed by atoms with Crippen LogP contribution >= 0.6 is 0 Å². The van der Waals surface area contributed by atoms with Crippen LogP contribution < -0.4 is 5.32 Å². The highest BCUT2D eigenvalue weighted by molar-refractivity contribution is 4.74. The molecule has 15 heavy (non-hydrogen) atoms. The quantitative estimate of drug-likeness (QED) is 0.538. The zero-order chi connectivity index (χ0) is 11.1. The van der Waals surface area contributed by atoms with E-state index in [1.807, 2.05) is 6.08 Å². The van der Waals surface area contributed by atoms with Crippen LogP contribution in [0.25, 0.3) is 0 Å². The van der Waals surface area contributed by atoms with Gasteiger partial charge in [-0.25, -0.2) is 0 Å². The van der Waals surface area contributed by atoms with E-state index in [-0.39, 0.29) is 0 Å². The van der Waals surface area contributed by atoms with Crippen LogP contribution in [0.4, 0.5) is 0 Å². The molecule has 1 aliphatic heterocycles. The summed E-state index contributed by atoms with van der Waals surface area (Å²) in [7, 11) is 0. The molecular formula is C12H23NO2. The van der Waals surface area contributed by atoms with E-state index in [4.69, 9.17) is 9.47 Å². The van der Waals surface area contributed by atoms with Crippen LogP contribution in [0.15, 0.2) is 12.7 Å². The zero-order valence-corrected chi connectivity index (χ0v) is 9.87. The lowest BCUT2D eigenvalue weighted by molar-refractivity contribution is -0.101. The van der Waals surface area contributed by atoms with Gasteiger partial charge >= 0.3 is 0 Å². The molecule has 0 radical (unpaired) electrons. The SMILES string of the molecule is C=CCNCCOC1CC(C)OC(C)C1. The molecule has 0 aromatic heterocycles. The highest BCUT2D eigenvalue weighted by Crippen LogP contribution is 2.21. The lowest BCUT2D eigenvalue weighted by atomic mass is 10.0. The number of nitrogens with one attached hydrogen (secondary N) is 1. The lowest BCUT2D eigenvalue weighted by Gasteiger charge is -2.32. The Morgan fingerprint density at radius 1 is 1.40 bits per heavy atom. The summed E-state index contributed by atoms with van der Waals surface area (Å²) in [5, 5.41) is 3.22.